The van der Waals surface area contributed by atoms with Crippen LogP contribution in [0.4, 0.5) is 11.5 Å². The van der Waals surface area contributed by atoms with Gasteiger partial charge in [-0.1, -0.05) is 24.3 Å². The quantitative estimate of drug-likeness (QED) is 0.665. The van der Waals surface area contributed by atoms with Crippen molar-refractivity contribution >= 4 is 17.4 Å². The molecule has 1 N–H and O–H groups in total. The third-order valence-corrected chi connectivity index (χ3v) is 5.30. The molecular weight excluding hydrogens is 376 g/mol. The summed E-state index contributed by atoms with van der Waals surface area (Å²) in [5.74, 6) is 1.64. The smallest absolute Gasteiger partial charge is 0.228 e. The molecule has 0 bridgehead atoms. The largest absolute Gasteiger partial charge is 0.497 e. The van der Waals surface area contributed by atoms with E-state index in [1.807, 2.05) is 60.7 Å². The Labute approximate surface area is 176 Å². The van der Waals surface area contributed by atoms with Crippen molar-refractivity contribution in [1.82, 2.24) is 10.2 Å². The fraction of sp³-hybridized carbons (Fsp3) is 0.292. The van der Waals surface area contributed by atoms with Crippen molar-refractivity contribution in [2.24, 2.45) is 0 Å². The molecule has 6 nitrogen and oxygen atoms in total. The Hall–Kier alpha value is -3.41. The monoisotopic (exact) mass is 402 g/mol. The number of hydrogen-bond acceptors (Lipinski definition) is 5. The van der Waals surface area contributed by atoms with Gasteiger partial charge < -0.3 is 15.0 Å². The highest BCUT2D eigenvalue weighted by Gasteiger charge is 2.13. The van der Waals surface area contributed by atoms with Gasteiger partial charge in [0.1, 0.15) is 5.75 Å². The van der Waals surface area contributed by atoms with E-state index in [1.165, 1.54) is 19.3 Å². The number of amides is 1. The van der Waals surface area contributed by atoms with Gasteiger partial charge in [0.15, 0.2) is 5.82 Å². The van der Waals surface area contributed by atoms with Crippen molar-refractivity contribution in [2.45, 2.75) is 25.7 Å². The van der Waals surface area contributed by atoms with Gasteiger partial charge in [0.05, 0.1) is 19.2 Å². The zero-order chi connectivity index (χ0) is 20.8. The molecule has 0 saturated carbocycles. The first-order chi connectivity index (χ1) is 14.7. The maximum absolute atomic E-state index is 12.4. The number of carbonyl (C=O) groups excluding carboxylic acids is 1. The van der Waals surface area contributed by atoms with Crippen LogP contribution in [-0.4, -0.2) is 36.3 Å². The maximum Gasteiger partial charge on any atom is 0.228 e. The molecule has 0 radical (unpaired) electrons. The van der Waals surface area contributed by atoms with Crippen LogP contribution in [0.15, 0.2) is 60.7 Å². The van der Waals surface area contributed by atoms with Gasteiger partial charge >= 0.3 is 0 Å². The summed E-state index contributed by atoms with van der Waals surface area (Å²) in [4.78, 5) is 14.7. The zero-order valence-electron chi connectivity index (χ0n) is 17.2. The number of rotatable bonds is 6. The number of ether oxygens (including phenoxy) is 1. The second kappa shape index (κ2) is 9.39. The maximum atomic E-state index is 12.4. The predicted octanol–water partition coefficient (Wildman–Crippen LogP) is 4.32. The molecule has 1 aromatic heterocycles. The Balaban J connectivity index is 1.41. The number of piperidine rings is 1. The van der Waals surface area contributed by atoms with Crippen LogP contribution < -0.4 is 15.0 Å². The number of nitrogens with zero attached hydrogens (tertiary/aromatic N) is 3. The van der Waals surface area contributed by atoms with Gasteiger partial charge in [0, 0.05) is 24.3 Å². The summed E-state index contributed by atoms with van der Waals surface area (Å²) in [7, 11) is 1.63. The van der Waals surface area contributed by atoms with E-state index in [4.69, 9.17) is 4.74 Å². The SMILES string of the molecule is COc1ccc(CC(=O)Nc2cccc(-c3ccc(N4CCCCC4)nn3)c2)cc1. The molecule has 1 aliphatic heterocycles. The van der Waals surface area contributed by atoms with Crippen LogP contribution in [0.2, 0.25) is 0 Å². The van der Waals surface area contributed by atoms with Gasteiger partial charge in [-0.3, -0.25) is 4.79 Å². The van der Waals surface area contributed by atoms with Crippen LogP contribution in [0.5, 0.6) is 5.75 Å². The molecule has 0 spiro atoms. The van der Waals surface area contributed by atoms with Crippen molar-refractivity contribution in [1.29, 1.82) is 0 Å². The van der Waals surface area contributed by atoms with Crippen molar-refractivity contribution in [2.75, 3.05) is 30.4 Å². The molecule has 2 aromatic carbocycles. The minimum absolute atomic E-state index is 0.0659. The molecule has 0 atom stereocenters. The summed E-state index contributed by atoms with van der Waals surface area (Å²) in [6.07, 6.45) is 4.01. The van der Waals surface area contributed by atoms with Crippen LogP contribution in [0.3, 0.4) is 0 Å². The van der Waals surface area contributed by atoms with E-state index < -0.39 is 0 Å². The van der Waals surface area contributed by atoms with Crippen LogP contribution in [0.25, 0.3) is 11.3 Å². The van der Waals surface area contributed by atoms with E-state index in [0.717, 1.165) is 47.2 Å². The summed E-state index contributed by atoms with van der Waals surface area (Å²) in [6.45, 7) is 2.09. The first kappa shape index (κ1) is 19.9. The van der Waals surface area contributed by atoms with E-state index >= 15 is 0 Å². The Bertz CT molecular complexity index is 981. The van der Waals surface area contributed by atoms with Gasteiger partial charge in [-0.25, -0.2) is 0 Å². The Morgan fingerprint density at radius 1 is 1.00 bits per heavy atom. The molecule has 6 heteroatoms. The molecule has 1 fully saturated rings. The Kier molecular flexibility index (Phi) is 6.23. The fourth-order valence-electron chi connectivity index (χ4n) is 3.66. The van der Waals surface area contributed by atoms with E-state index in [9.17, 15) is 4.79 Å². The number of hydrogen-bond donors (Lipinski definition) is 1. The lowest BCUT2D eigenvalue weighted by molar-refractivity contribution is -0.115. The molecule has 1 aliphatic rings. The summed E-state index contributed by atoms with van der Waals surface area (Å²) < 4.78 is 5.15. The van der Waals surface area contributed by atoms with E-state index in [0.29, 0.717) is 6.42 Å². The molecule has 3 aromatic rings. The summed E-state index contributed by atoms with van der Waals surface area (Å²) in [6, 6.07) is 19.2. The van der Waals surface area contributed by atoms with Gasteiger partial charge in [0.2, 0.25) is 5.91 Å². The number of anilines is 2. The molecule has 1 saturated heterocycles. The average Bonchev–Trinajstić information content (AvgIpc) is 2.80. The van der Waals surface area contributed by atoms with E-state index in [2.05, 4.69) is 20.4 Å². The molecule has 154 valence electrons. The molecule has 0 aliphatic carbocycles. The molecule has 4 rings (SSSR count). The normalized spacial score (nSPS) is 13.7. The third-order valence-electron chi connectivity index (χ3n) is 5.30. The van der Waals surface area contributed by atoms with Crippen LogP contribution >= 0.6 is 0 Å². The van der Waals surface area contributed by atoms with Crippen molar-refractivity contribution in [3.05, 3.63) is 66.2 Å². The summed E-state index contributed by atoms with van der Waals surface area (Å²) >= 11 is 0. The average molecular weight is 402 g/mol. The minimum Gasteiger partial charge on any atom is -0.497 e. The second-order valence-electron chi connectivity index (χ2n) is 7.48. The third kappa shape index (κ3) is 4.95. The highest BCUT2D eigenvalue weighted by Crippen LogP contribution is 2.23. The Morgan fingerprint density at radius 2 is 1.80 bits per heavy atom. The number of nitrogens with one attached hydrogen (secondary N) is 1. The van der Waals surface area contributed by atoms with Crippen LogP contribution in [0.1, 0.15) is 24.8 Å². The predicted molar refractivity (Wildman–Crippen MR) is 119 cm³/mol. The lowest BCUT2D eigenvalue weighted by Gasteiger charge is -2.27. The molecule has 30 heavy (non-hydrogen) atoms. The summed E-state index contributed by atoms with van der Waals surface area (Å²) in [5, 5.41) is 11.8. The highest BCUT2D eigenvalue weighted by molar-refractivity contribution is 5.92. The number of benzene rings is 2. The van der Waals surface area contributed by atoms with Gasteiger partial charge in [-0.05, 0) is 61.2 Å². The van der Waals surface area contributed by atoms with Gasteiger partial charge in [-0.15, -0.1) is 10.2 Å². The number of aromatic nitrogens is 2. The zero-order valence-corrected chi connectivity index (χ0v) is 17.2. The minimum atomic E-state index is -0.0659. The molecule has 2 heterocycles. The number of carbonyl (C=O) groups is 1. The lowest BCUT2D eigenvalue weighted by atomic mass is 10.1. The molecular formula is C24H26N4O2. The lowest BCUT2D eigenvalue weighted by Crippen LogP contribution is -2.30. The van der Waals surface area contributed by atoms with Crippen molar-refractivity contribution < 1.29 is 9.53 Å². The van der Waals surface area contributed by atoms with E-state index in [-0.39, 0.29) is 5.91 Å². The van der Waals surface area contributed by atoms with Gasteiger partial charge in [0.25, 0.3) is 0 Å². The topological polar surface area (TPSA) is 67.3 Å². The highest BCUT2D eigenvalue weighted by atomic mass is 16.5. The molecule has 1 amide bonds. The number of methoxy groups -OCH3 is 1. The summed E-state index contributed by atoms with van der Waals surface area (Å²) in [5.41, 5.74) is 3.40. The van der Waals surface area contributed by atoms with E-state index in [1.54, 1.807) is 7.11 Å². The first-order valence-corrected chi connectivity index (χ1v) is 10.3. The van der Waals surface area contributed by atoms with Crippen molar-refractivity contribution in [3.63, 3.8) is 0 Å². The second-order valence-corrected chi connectivity index (χ2v) is 7.48. The fourth-order valence-corrected chi connectivity index (χ4v) is 3.66. The Morgan fingerprint density at radius 3 is 2.50 bits per heavy atom. The first-order valence-electron chi connectivity index (χ1n) is 10.3. The van der Waals surface area contributed by atoms with Gasteiger partial charge in [-0.2, -0.15) is 0 Å². The van der Waals surface area contributed by atoms with Crippen LogP contribution in [-0.2, 0) is 11.2 Å². The van der Waals surface area contributed by atoms with Crippen LogP contribution in [0, 0.1) is 0 Å². The standard InChI is InChI=1S/C24H26N4O2/c1-30-21-10-8-18(9-11-21)16-24(29)25-20-7-5-6-19(17-20)22-12-13-23(27-26-22)28-14-3-2-4-15-28/h5-13,17H,2-4,14-16H2,1H3,(H,25,29). The molecule has 0 unspecified atom stereocenters. The van der Waals surface area contributed by atoms with Crippen molar-refractivity contribution in [3.8, 4) is 17.0 Å².